The second-order valence-electron chi connectivity index (χ2n) is 6.92. The smallest absolute Gasteiger partial charge is 0.242 e. The Morgan fingerprint density at radius 2 is 2.21 bits per heavy atom. The molecule has 3 heterocycles. The van der Waals surface area contributed by atoms with Crippen molar-refractivity contribution in [2.45, 2.75) is 38.3 Å². The summed E-state index contributed by atoms with van der Waals surface area (Å²) in [5.41, 5.74) is 1.03. The average Bonchev–Trinajstić information content (AvgIpc) is 3.36. The van der Waals surface area contributed by atoms with E-state index in [1.807, 2.05) is 12.3 Å². The van der Waals surface area contributed by atoms with Gasteiger partial charge in [-0.3, -0.25) is 14.7 Å². The maximum atomic E-state index is 12.6. The first kappa shape index (κ1) is 20.7. The molecule has 1 atom stereocenters. The molecule has 1 fully saturated rings. The predicted octanol–water partition coefficient (Wildman–Crippen LogP) is 2.48. The number of thioether (sulfide) groups is 1. The molecular formula is C19H27N5O2S2. The lowest BCUT2D eigenvalue weighted by Crippen LogP contribution is -2.52. The number of aromatic nitrogens is 2. The van der Waals surface area contributed by atoms with Crippen molar-refractivity contribution in [3.8, 4) is 10.6 Å². The third-order valence-corrected chi connectivity index (χ3v) is 6.37. The third kappa shape index (κ3) is 5.51. The number of nitrogens with zero attached hydrogens (tertiary/aromatic N) is 2. The van der Waals surface area contributed by atoms with Crippen molar-refractivity contribution in [2.75, 3.05) is 30.0 Å². The van der Waals surface area contributed by atoms with Gasteiger partial charge in [-0.15, -0.1) is 11.3 Å². The average molecular weight is 422 g/mol. The summed E-state index contributed by atoms with van der Waals surface area (Å²) < 4.78 is 0. The summed E-state index contributed by atoms with van der Waals surface area (Å²) in [5, 5.41) is 15.5. The number of amides is 2. The van der Waals surface area contributed by atoms with E-state index in [9.17, 15) is 9.59 Å². The number of H-pyrrole nitrogens is 1. The lowest BCUT2D eigenvalue weighted by molar-refractivity contribution is -0.128. The van der Waals surface area contributed by atoms with Crippen molar-refractivity contribution < 1.29 is 9.59 Å². The van der Waals surface area contributed by atoms with Crippen LogP contribution in [0.3, 0.4) is 0 Å². The van der Waals surface area contributed by atoms with Crippen molar-refractivity contribution in [3.63, 3.8) is 0 Å². The Kier molecular flexibility index (Phi) is 7.38. The van der Waals surface area contributed by atoms with Gasteiger partial charge in [-0.1, -0.05) is 6.07 Å². The van der Waals surface area contributed by atoms with Gasteiger partial charge in [0.15, 0.2) is 5.82 Å². The molecule has 3 rings (SSSR count). The summed E-state index contributed by atoms with van der Waals surface area (Å²) in [7, 11) is 0. The maximum absolute atomic E-state index is 12.6. The van der Waals surface area contributed by atoms with Gasteiger partial charge < -0.3 is 15.5 Å². The van der Waals surface area contributed by atoms with Crippen LogP contribution in [0.5, 0.6) is 0 Å². The van der Waals surface area contributed by atoms with E-state index in [0.29, 0.717) is 6.42 Å². The molecule has 0 unspecified atom stereocenters. The van der Waals surface area contributed by atoms with E-state index in [4.69, 9.17) is 0 Å². The molecule has 1 saturated heterocycles. The van der Waals surface area contributed by atoms with Gasteiger partial charge in [0.1, 0.15) is 6.04 Å². The highest BCUT2D eigenvalue weighted by atomic mass is 32.2. The molecule has 2 aromatic heterocycles. The Morgan fingerprint density at radius 1 is 1.43 bits per heavy atom. The van der Waals surface area contributed by atoms with Crippen LogP contribution in [0.1, 0.15) is 26.2 Å². The fraction of sp³-hybridized carbons (Fsp3) is 0.526. The van der Waals surface area contributed by atoms with Gasteiger partial charge >= 0.3 is 0 Å². The first-order chi connectivity index (χ1) is 13.6. The molecular weight excluding hydrogens is 394 g/mol. The lowest BCUT2D eigenvalue weighted by atomic mass is 10.0. The zero-order valence-corrected chi connectivity index (χ0v) is 17.9. The number of hydrogen-bond donors (Lipinski definition) is 3. The fourth-order valence-corrected chi connectivity index (χ4v) is 4.50. The summed E-state index contributed by atoms with van der Waals surface area (Å²) in [6.45, 7) is 3.14. The van der Waals surface area contributed by atoms with Crippen molar-refractivity contribution >= 4 is 40.7 Å². The number of carbonyl (C=O) groups excluding carboxylic acids is 2. The number of rotatable bonds is 8. The van der Waals surface area contributed by atoms with Gasteiger partial charge in [0.05, 0.1) is 10.6 Å². The zero-order valence-electron chi connectivity index (χ0n) is 16.2. The predicted molar refractivity (Wildman–Crippen MR) is 116 cm³/mol. The van der Waals surface area contributed by atoms with Gasteiger partial charge in [0.2, 0.25) is 11.8 Å². The molecule has 0 saturated carbocycles. The standard InChI is InChI=1S/C19H27N5O2S2/c1-13(25)20-15(7-11-27-2)19(26)21-14-5-8-24(9-6-14)18-12-16(22-23-18)17-4-3-10-28-17/h3-4,10,12,14-15H,5-9,11H2,1-2H3,(H,20,25)(H,21,26)(H,22,23)/t15-/m0/s1. The van der Waals surface area contributed by atoms with Crippen molar-refractivity contribution in [1.29, 1.82) is 0 Å². The van der Waals surface area contributed by atoms with Crippen LogP contribution in [0.2, 0.25) is 0 Å². The Hall–Kier alpha value is -2.00. The van der Waals surface area contributed by atoms with Crippen LogP contribution in [-0.4, -0.2) is 59.2 Å². The fourth-order valence-electron chi connectivity index (χ4n) is 3.34. The highest BCUT2D eigenvalue weighted by Gasteiger charge is 2.26. The molecule has 7 nitrogen and oxygen atoms in total. The summed E-state index contributed by atoms with van der Waals surface area (Å²) in [6, 6.07) is 5.86. The van der Waals surface area contributed by atoms with E-state index in [2.05, 4.69) is 43.2 Å². The van der Waals surface area contributed by atoms with Gasteiger partial charge in [0, 0.05) is 32.1 Å². The van der Waals surface area contributed by atoms with Crippen LogP contribution in [0, 0.1) is 0 Å². The molecule has 28 heavy (non-hydrogen) atoms. The molecule has 0 radical (unpaired) electrons. The van der Waals surface area contributed by atoms with Crippen LogP contribution < -0.4 is 15.5 Å². The van der Waals surface area contributed by atoms with E-state index < -0.39 is 6.04 Å². The second kappa shape index (κ2) is 9.97. The van der Waals surface area contributed by atoms with Gasteiger partial charge in [-0.25, -0.2) is 0 Å². The molecule has 0 bridgehead atoms. The minimum absolute atomic E-state index is 0.0811. The van der Waals surface area contributed by atoms with Crippen LogP contribution in [-0.2, 0) is 9.59 Å². The van der Waals surface area contributed by atoms with E-state index in [1.54, 1.807) is 23.1 Å². The Balaban J connectivity index is 1.50. The summed E-state index contributed by atoms with van der Waals surface area (Å²) in [4.78, 5) is 27.4. The summed E-state index contributed by atoms with van der Waals surface area (Å²) in [6.07, 6.45) is 4.37. The second-order valence-corrected chi connectivity index (χ2v) is 8.85. The van der Waals surface area contributed by atoms with Gasteiger partial charge in [-0.2, -0.15) is 16.9 Å². The molecule has 2 aromatic rings. The topological polar surface area (TPSA) is 90.1 Å². The van der Waals surface area contributed by atoms with Gasteiger partial charge in [0.25, 0.3) is 0 Å². The van der Waals surface area contributed by atoms with Gasteiger partial charge in [-0.05, 0) is 42.7 Å². The minimum Gasteiger partial charge on any atom is -0.355 e. The molecule has 3 N–H and O–H groups in total. The number of carbonyl (C=O) groups is 2. The largest absolute Gasteiger partial charge is 0.355 e. The number of piperidine rings is 1. The monoisotopic (exact) mass is 421 g/mol. The third-order valence-electron chi connectivity index (χ3n) is 4.82. The van der Waals surface area contributed by atoms with Crippen LogP contribution >= 0.6 is 23.1 Å². The molecule has 152 valence electrons. The molecule has 1 aliphatic heterocycles. The normalized spacial score (nSPS) is 16.0. The highest BCUT2D eigenvalue weighted by molar-refractivity contribution is 7.98. The minimum atomic E-state index is -0.456. The maximum Gasteiger partial charge on any atom is 0.242 e. The van der Waals surface area contributed by atoms with Crippen molar-refractivity contribution in [1.82, 2.24) is 20.8 Å². The summed E-state index contributed by atoms with van der Waals surface area (Å²) >= 11 is 3.36. The molecule has 9 heteroatoms. The van der Waals surface area contributed by atoms with Crippen LogP contribution in [0.15, 0.2) is 23.6 Å². The van der Waals surface area contributed by atoms with Crippen molar-refractivity contribution in [2.24, 2.45) is 0 Å². The zero-order chi connectivity index (χ0) is 19.9. The van der Waals surface area contributed by atoms with E-state index in [-0.39, 0.29) is 17.9 Å². The number of aromatic amines is 1. The molecule has 0 aromatic carbocycles. The van der Waals surface area contributed by atoms with Crippen LogP contribution in [0.4, 0.5) is 5.82 Å². The van der Waals surface area contributed by atoms with E-state index >= 15 is 0 Å². The molecule has 0 spiro atoms. The summed E-state index contributed by atoms with van der Waals surface area (Å²) in [5.74, 6) is 1.53. The van der Waals surface area contributed by atoms with Crippen LogP contribution in [0.25, 0.3) is 10.6 Å². The molecule has 2 amide bonds. The van der Waals surface area contributed by atoms with E-state index in [1.165, 1.54) is 11.8 Å². The number of thiophene rings is 1. The molecule has 1 aliphatic rings. The first-order valence-corrected chi connectivity index (χ1v) is 11.7. The van der Waals surface area contributed by atoms with Crippen molar-refractivity contribution in [3.05, 3.63) is 23.6 Å². The number of hydrogen-bond acceptors (Lipinski definition) is 6. The molecule has 0 aliphatic carbocycles. The first-order valence-electron chi connectivity index (χ1n) is 9.47. The number of nitrogens with one attached hydrogen (secondary N) is 3. The lowest BCUT2D eigenvalue weighted by Gasteiger charge is -2.33. The highest BCUT2D eigenvalue weighted by Crippen LogP contribution is 2.27. The Labute approximate surface area is 173 Å². The SMILES string of the molecule is CSCC[C@H](NC(C)=O)C(=O)NC1CCN(c2cc(-c3cccs3)[nH]n2)CC1. The number of anilines is 1. The Morgan fingerprint density at radius 3 is 2.86 bits per heavy atom. The Bertz CT molecular complexity index is 769. The quantitative estimate of drug-likeness (QED) is 0.609. The van der Waals surface area contributed by atoms with E-state index in [0.717, 1.165) is 43.2 Å².